The lowest BCUT2D eigenvalue weighted by atomic mass is 10.0. The zero-order chi connectivity index (χ0) is 25.9. The van der Waals surface area contributed by atoms with Crippen LogP contribution in [0, 0.1) is 22.7 Å². The third kappa shape index (κ3) is 7.03. The van der Waals surface area contributed by atoms with E-state index in [9.17, 15) is 20.1 Å². The molecular formula is C30H26N4O2. The average Bonchev–Trinajstić information content (AvgIpc) is 2.91. The van der Waals surface area contributed by atoms with Crippen LogP contribution in [0.2, 0.25) is 0 Å². The average molecular weight is 475 g/mol. The van der Waals surface area contributed by atoms with Crippen molar-refractivity contribution in [2.45, 2.75) is 25.9 Å². The Labute approximate surface area is 211 Å². The highest BCUT2D eigenvalue weighted by molar-refractivity contribution is 6.03. The van der Waals surface area contributed by atoms with Crippen molar-refractivity contribution < 1.29 is 9.59 Å². The first kappa shape index (κ1) is 25.7. The molecule has 3 aromatic carbocycles. The van der Waals surface area contributed by atoms with E-state index in [2.05, 4.69) is 10.6 Å². The van der Waals surface area contributed by atoms with Gasteiger partial charge < -0.3 is 10.6 Å². The van der Waals surface area contributed by atoms with Gasteiger partial charge in [0.05, 0.1) is 12.1 Å². The van der Waals surface area contributed by atoms with Crippen molar-refractivity contribution in [3.8, 4) is 12.1 Å². The molecule has 0 saturated heterocycles. The third-order valence-corrected chi connectivity index (χ3v) is 5.56. The van der Waals surface area contributed by atoms with E-state index in [1.54, 1.807) is 24.3 Å². The summed E-state index contributed by atoms with van der Waals surface area (Å²) in [7, 11) is 0. The lowest BCUT2D eigenvalue weighted by molar-refractivity contribution is -0.118. The van der Waals surface area contributed by atoms with Crippen molar-refractivity contribution in [2.75, 3.05) is 0 Å². The molecule has 178 valence electrons. The van der Waals surface area contributed by atoms with E-state index in [4.69, 9.17) is 0 Å². The largest absolute Gasteiger partial charge is 0.345 e. The minimum atomic E-state index is -0.484. The minimum Gasteiger partial charge on any atom is -0.345 e. The maximum Gasteiger partial charge on any atom is 0.262 e. The van der Waals surface area contributed by atoms with Crippen molar-refractivity contribution in [1.29, 1.82) is 10.5 Å². The van der Waals surface area contributed by atoms with Gasteiger partial charge in [-0.1, -0.05) is 78.9 Å². The Morgan fingerprint density at radius 2 is 1.06 bits per heavy atom. The summed E-state index contributed by atoms with van der Waals surface area (Å²) in [6.45, 7) is 3.70. The van der Waals surface area contributed by atoms with Crippen LogP contribution in [-0.2, 0) is 9.59 Å². The summed E-state index contributed by atoms with van der Waals surface area (Å²) in [5, 5.41) is 24.8. The maximum absolute atomic E-state index is 12.7. The summed E-state index contributed by atoms with van der Waals surface area (Å²) in [6, 6.07) is 29.2. The van der Waals surface area contributed by atoms with Crippen LogP contribution in [0.15, 0.2) is 96.1 Å². The summed E-state index contributed by atoms with van der Waals surface area (Å²) in [6.07, 6.45) is 2.96. The molecule has 0 radical (unpaired) electrons. The summed E-state index contributed by atoms with van der Waals surface area (Å²) in [4.78, 5) is 25.3. The molecule has 3 rings (SSSR count). The Bertz CT molecular complexity index is 1260. The summed E-state index contributed by atoms with van der Waals surface area (Å²) < 4.78 is 0. The molecule has 0 unspecified atom stereocenters. The molecule has 0 aliphatic carbocycles. The van der Waals surface area contributed by atoms with E-state index >= 15 is 0 Å². The van der Waals surface area contributed by atoms with E-state index in [0.717, 1.165) is 11.1 Å². The predicted octanol–water partition coefficient (Wildman–Crippen LogP) is 5.26. The van der Waals surface area contributed by atoms with E-state index in [-0.39, 0.29) is 23.2 Å². The van der Waals surface area contributed by atoms with Crippen LogP contribution in [0.25, 0.3) is 12.2 Å². The topological polar surface area (TPSA) is 106 Å². The molecule has 6 nitrogen and oxygen atoms in total. The van der Waals surface area contributed by atoms with Crippen LogP contribution >= 0.6 is 0 Å². The molecule has 0 aromatic heterocycles. The van der Waals surface area contributed by atoms with Gasteiger partial charge in [-0.3, -0.25) is 9.59 Å². The van der Waals surface area contributed by atoms with E-state index in [0.29, 0.717) is 11.1 Å². The number of nitrogens with one attached hydrogen (secondary N) is 2. The molecule has 0 aliphatic heterocycles. The van der Waals surface area contributed by atoms with E-state index < -0.39 is 11.8 Å². The zero-order valence-corrected chi connectivity index (χ0v) is 20.1. The van der Waals surface area contributed by atoms with Gasteiger partial charge in [0.15, 0.2) is 0 Å². The number of benzene rings is 3. The second kappa shape index (κ2) is 12.5. The molecule has 2 N–H and O–H groups in total. The second-order valence-electron chi connectivity index (χ2n) is 8.22. The second-order valence-corrected chi connectivity index (χ2v) is 8.22. The summed E-state index contributed by atoms with van der Waals surface area (Å²) in [5.41, 5.74) is 2.96. The van der Waals surface area contributed by atoms with Crippen molar-refractivity contribution in [3.63, 3.8) is 0 Å². The van der Waals surface area contributed by atoms with Crippen LogP contribution < -0.4 is 10.6 Å². The standard InChI is InChI=1S/C30H26N4O2/c1-21(25-12-5-3-6-13-25)33-29(35)27(19-31)17-23-10-9-11-24(16-23)18-28(20-32)30(36)34-22(2)26-14-7-4-8-15-26/h3-18,21-22H,1-2H3,(H,33,35)(H,34,36)/b27-17+,28-18+/t21-,22-/m1/s1. The van der Waals surface area contributed by atoms with Gasteiger partial charge in [0.25, 0.3) is 11.8 Å². The summed E-state index contributed by atoms with van der Waals surface area (Å²) in [5.74, 6) is -0.969. The van der Waals surface area contributed by atoms with Crippen molar-refractivity contribution in [1.82, 2.24) is 10.6 Å². The van der Waals surface area contributed by atoms with Gasteiger partial charge in [-0.05, 0) is 54.3 Å². The number of rotatable bonds is 8. The fourth-order valence-electron chi connectivity index (χ4n) is 3.57. The number of hydrogen-bond acceptors (Lipinski definition) is 4. The molecule has 36 heavy (non-hydrogen) atoms. The summed E-state index contributed by atoms with van der Waals surface area (Å²) >= 11 is 0. The molecule has 0 saturated carbocycles. The smallest absolute Gasteiger partial charge is 0.262 e. The molecule has 2 atom stereocenters. The molecule has 6 heteroatoms. The van der Waals surface area contributed by atoms with Crippen LogP contribution in [0.4, 0.5) is 0 Å². The normalized spacial score (nSPS) is 13.0. The molecule has 0 heterocycles. The SMILES string of the molecule is C[C@@H](NC(=O)/C(C#N)=C/c1cccc(/C=C(\C#N)C(=O)N[C@H](C)c2ccccc2)c1)c1ccccc1. The molecule has 2 amide bonds. The molecule has 0 spiro atoms. The highest BCUT2D eigenvalue weighted by atomic mass is 16.2. The van der Waals surface area contributed by atoms with Crippen molar-refractivity contribution >= 4 is 24.0 Å². The highest BCUT2D eigenvalue weighted by Crippen LogP contribution is 2.17. The first-order chi connectivity index (χ1) is 17.4. The fraction of sp³-hybridized carbons (Fsp3) is 0.133. The van der Waals surface area contributed by atoms with Crippen LogP contribution in [-0.4, -0.2) is 11.8 Å². The molecule has 0 bridgehead atoms. The van der Waals surface area contributed by atoms with E-state index in [1.807, 2.05) is 86.6 Å². The number of amides is 2. The highest BCUT2D eigenvalue weighted by Gasteiger charge is 2.15. The Morgan fingerprint density at radius 1 is 0.667 bits per heavy atom. The fourth-order valence-corrected chi connectivity index (χ4v) is 3.57. The van der Waals surface area contributed by atoms with E-state index in [1.165, 1.54) is 12.2 Å². The van der Waals surface area contributed by atoms with Gasteiger partial charge in [0.1, 0.15) is 23.3 Å². The third-order valence-electron chi connectivity index (χ3n) is 5.56. The Kier molecular flexibility index (Phi) is 8.92. The first-order valence-electron chi connectivity index (χ1n) is 11.5. The number of nitrogens with zero attached hydrogens (tertiary/aromatic N) is 2. The Hall–Kier alpha value is -4.94. The molecule has 0 fully saturated rings. The van der Waals surface area contributed by atoms with Gasteiger partial charge in [-0.2, -0.15) is 10.5 Å². The lowest BCUT2D eigenvalue weighted by Gasteiger charge is -2.14. The van der Waals surface area contributed by atoms with Crippen molar-refractivity contribution in [3.05, 3.63) is 118 Å². The monoisotopic (exact) mass is 474 g/mol. The van der Waals surface area contributed by atoms with Gasteiger partial charge in [-0.25, -0.2) is 0 Å². The Morgan fingerprint density at radius 3 is 1.42 bits per heavy atom. The minimum absolute atomic E-state index is 0.0474. The number of nitriles is 2. The molecule has 0 aliphatic rings. The van der Waals surface area contributed by atoms with Crippen LogP contribution in [0.5, 0.6) is 0 Å². The Balaban J connectivity index is 1.75. The van der Waals surface area contributed by atoms with Crippen molar-refractivity contribution in [2.24, 2.45) is 0 Å². The van der Waals surface area contributed by atoms with Gasteiger partial charge >= 0.3 is 0 Å². The first-order valence-corrected chi connectivity index (χ1v) is 11.5. The molecule has 3 aromatic rings. The van der Waals surface area contributed by atoms with Crippen LogP contribution in [0.1, 0.15) is 48.2 Å². The number of carbonyl (C=O) groups excluding carboxylic acids is 2. The molecular weight excluding hydrogens is 448 g/mol. The quantitative estimate of drug-likeness (QED) is 0.343. The predicted molar refractivity (Wildman–Crippen MR) is 140 cm³/mol. The maximum atomic E-state index is 12.7. The van der Waals surface area contributed by atoms with Crippen LogP contribution in [0.3, 0.4) is 0 Å². The van der Waals surface area contributed by atoms with Gasteiger partial charge in [0, 0.05) is 0 Å². The number of hydrogen-bond donors (Lipinski definition) is 2. The number of carbonyl (C=O) groups is 2. The van der Waals surface area contributed by atoms with Gasteiger partial charge in [-0.15, -0.1) is 0 Å². The zero-order valence-electron chi connectivity index (χ0n) is 20.1. The lowest BCUT2D eigenvalue weighted by Crippen LogP contribution is -2.27. The van der Waals surface area contributed by atoms with Gasteiger partial charge in [0.2, 0.25) is 0 Å².